The summed E-state index contributed by atoms with van der Waals surface area (Å²) in [5.74, 6) is 0.794. The summed E-state index contributed by atoms with van der Waals surface area (Å²) in [6.45, 7) is 8.17. The predicted molar refractivity (Wildman–Crippen MR) is 80.2 cm³/mol. The van der Waals surface area contributed by atoms with E-state index in [0.29, 0.717) is 12.0 Å². The molecule has 0 bridgehead atoms. The Kier molecular flexibility index (Phi) is 6.27. The van der Waals surface area contributed by atoms with Crippen LogP contribution in [0.15, 0.2) is 0 Å². The zero-order valence-electron chi connectivity index (χ0n) is 13.3. The molecule has 0 aliphatic carbocycles. The largest absolute Gasteiger partial charge is 0.353 e. The van der Waals surface area contributed by atoms with E-state index >= 15 is 0 Å². The van der Waals surface area contributed by atoms with Gasteiger partial charge in [0.25, 0.3) is 0 Å². The second-order valence-corrected chi connectivity index (χ2v) is 6.18. The molecule has 0 saturated carbocycles. The molecule has 0 aromatic carbocycles. The molecule has 112 valence electrons. The van der Waals surface area contributed by atoms with Crippen LogP contribution >= 0.6 is 0 Å². The summed E-state index contributed by atoms with van der Waals surface area (Å²) >= 11 is 0. The molecule has 2 atom stereocenters. The molecule has 0 spiro atoms. The average molecular weight is 269 g/mol. The van der Waals surface area contributed by atoms with Gasteiger partial charge in [0.05, 0.1) is 5.54 Å². The fraction of sp³-hybridized carbons (Fsp3) is 0.933. The van der Waals surface area contributed by atoms with E-state index in [9.17, 15) is 4.79 Å². The summed E-state index contributed by atoms with van der Waals surface area (Å²) in [5.41, 5.74) is -0.356. The van der Waals surface area contributed by atoms with Gasteiger partial charge in [-0.3, -0.25) is 4.79 Å². The van der Waals surface area contributed by atoms with E-state index in [-0.39, 0.29) is 11.4 Å². The quantitative estimate of drug-likeness (QED) is 0.738. The Labute approximate surface area is 118 Å². The summed E-state index contributed by atoms with van der Waals surface area (Å²) in [6.07, 6.45) is 4.35. The van der Waals surface area contributed by atoms with Crippen LogP contribution in [0.3, 0.4) is 0 Å². The molecule has 0 aromatic rings. The second-order valence-electron chi connectivity index (χ2n) is 6.18. The first-order chi connectivity index (χ1) is 8.94. The van der Waals surface area contributed by atoms with Gasteiger partial charge in [-0.15, -0.1) is 0 Å². The number of rotatable bonds is 7. The highest BCUT2D eigenvalue weighted by Gasteiger charge is 2.36. The van der Waals surface area contributed by atoms with Gasteiger partial charge in [0.1, 0.15) is 0 Å². The van der Waals surface area contributed by atoms with E-state index < -0.39 is 0 Å². The van der Waals surface area contributed by atoms with E-state index in [1.165, 1.54) is 0 Å². The van der Waals surface area contributed by atoms with Gasteiger partial charge in [0.2, 0.25) is 5.91 Å². The highest BCUT2D eigenvalue weighted by Crippen LogP contribution is 2.20. The molecule has 2 unspecified atom stereocenters. The van der Waals surface area contributed by atoms with Crippen molar-refractivity contribution in [3.05, 3.63) is 0 Å². The minimum Gasteiger partial charge on any atom is -0.353 e. The Balaban J connectivity index is 2.54. The summed E-state index contributed by atoms with van der Waals surface area (Å²) in [7, 11) is 4.20. The maximum atomic E-state index is 12.3. The van der Waals surface area contributed by atoms with E-state index in [4.69, 9.17) is 0 Å². The second kappa shape index (κ2) is 7.25. The monoisotopic (exact) mass is 269 g/mol. The topological polar surface area (TPSA) is 44.4 Å². The minimum atomic E-state index is -0.356. The third kappa shape index (κ3) is 4.18. The van der Waals surface area contributed by atoms with Gasteiger partial charge in [0, 0.05) is 12.6 Å². The number of likely N-dealkylation sites (N-methyl/N-ethyl adjacent to an activating group) is 1. The van der Waals surface area contributed by atoms with Crippen LogP contribution in [-0.4, -0.2) is 49.6 Å². The van der Waals surface area contributed by atoms with Crippen molar-refractivity contribution in [1.82, 2.24) is 15.5 Å². The van der Waals surface area contributed by atoms with Crippen LogP contribution in [0.1, 0.15) is 46.5 Å². The number of hydrogen-bond donors (Lipinski definition) is 2. The maximum absolute atomic E-state index is 12.3. The van der Waals surface area contributed by atoms with Gasteiger partial charge >= 0.3 is 0 Å². The first-order valence-electron chi connectivity index (χ1n) is 7.64. The average Bonchev–Trinajstić information content (AvgIpc) is 2.82. The van der Waals surface area contributed by atoms with Crippen molar-refractivity contribution in [3.63, 3.8) is 0 Å². The predicted octanol–water partition coefficient (Wildman–Crippen LogP) is 1.61. The number of nitrogens with zero attached hydrogens (tertiary/aromatic N) is 1. The molecule has 0 aromatic heterocycles. The fourth-order valence-electron chi connectivity index (χ4n) is 3.08. The number of hydrogen-bond acceptors (Lipinski definition) is 3. The molecule has 1 fully saturated rings. The van der Waals surface area contributed by atoms with Crippen LogP contribution in [0.4, 0.5) is 0 Å². The van der Waals surface area contributed by atoms with Gasteiger partial charge in [-0.1, -0.05) is 26.7 Å². The normalized spacial score (nSPS) is 25.0. The maximum Gasteiger partial charge on any atom is 0.240 e. The van der Waals surface area contributed by atoms with Gasteiger partial charge in [0.15, 0.2) is 0 Å². The molecule has 2 N–H and O–H groups in total. The molecule has 1 aliphatic heterocycles. The molecule has 4 nitrogen and oxygen atoms in total. The molecular formula is C15H31N3O. The molecule has 0 radical (unpaired) electrons. The standard InChI is InChI=1S/C15H31N3O/c1-6-12(7-2)13(18(4)5)11-16-14(19)15(3)9-8-10-17-15/h12-13,17H,6-11H2,1-5H3,(H,16,19). The van der Waals surface area contributed by atoms with Gasteiger partial charge < -0.3 is 15.5 Å². The van der Waals surface area contributed by atoms with Gasteiger partial charge in [-0.2, -0.15) is 0 Å². The lowest BCUT2D eigenvalue weighted by molar-refractivity contribution is -0.126. The Hall–Kier alpha value is -0.610. The highest BCUT2D eigenvalue weighted by molar-refractivity contribution is 5.86. The Morgan fingerprint density at radius 3 is 2.42 bits per heavy atom. The van der Waals surface area contributed by atoms with Crippen molar-refractivity contribution in [2.24, 2.45) is 5.92 Å². The molecule has 1 saturated heterocycles. The summed E-state index contributed by atoms with van der Waals surface area (Å²) in [6, 6.07) is 0.420. The smallest absolute Gasteiger partial charge is 0.240 e. The molecule has 1 rings (SSSR count). The summed E-state index contributed by atoms with van der Waals surface area (Å²) in [4.78, 5) is 14.5. The van der Waals surface area contributed by atoms with E-state index in [2.05, 4.69) is 43.5 Å². The Morgan fingerprint density at radius 2 is 2.00 bits per heavy atom. The minimum absolute atomic E-state index is 0.155. The van der Waals surface area contributed by atoms with Crippen LogP contribution < -0.4 is 10.6 Å². The lowest BCUT2D eigenvalue weighted by Gasteiger charge is -2.33. The Bertz CT molecular complexity index is 281. The fourth-order valence-corrected chi connectivity index (χ4v) is 3.08. The first-order valence-corrected chi connectivity index (χ1v) is 7.64. The molecule has 1 amide bonds. The molecular weight excluding hydrogens is 238 g/mol. The van der Waals surface area contributed by atoms with Crippen LogP contribution in [0.5, 0.6) is 0 Å². The van der Waals surface area contributed by atoms with Crippen LogP contribution in [0, 0.1) is 5.92 Å². The lowest BCUT2D eigenvalue weighted by Crippen LogP contribution is -2.54. The van der Waals surface area contributed by atoms with Gasteiger partial charge in [-0.25, -0.2) is 0 Å². The van der Waals surface area contributed by atoms with Crippen molar-refractivity contribution in [1.29, 1.82) is 0 Å². The van der Waals surface area contributed by atoms with Crippen LogP contribution in [0.2, 0.25) is 0 Å². The highest BCUT2D eigenvalue weighted by atomic mass is 16.2. The lowest BCUT2D eigenvalue weighted by atomic mass is 9.92. The zero-order valence-corrected chi connectivity index (χ0v) is 13.3. The summed E-state index contributed by atoms with van der Waals surface area (Å²) < 4.78 is 0. The van der Waals surface area contributed by atoms with Crippen LogP contribution in [0.25, 0.3) is 0 Å². The van der Waals surface area contributed by atoms with Crippen molar-refractivity contribution < 1.29 is 4.79 Å². The van der Waals surface area contributed by atoms with E-state index in [1.54, 1.807) is 0 Å². The third-order valence-electron chi connectivity index (χ3n) is 4.60. The first kappa shape index (κ1) is 16.4. The number of carbonyl (C=O) groups excluding carboxylic acids is 1. The zero-order chi connectivity index (χ0) is 14.5. The van der Waals surface area contributed by atoms with E-state index in [1.807, 2.05) is 6.92 Å². The third-order valence-corrected chi connectivity index (χ3v) is 4.60. The van der Waals surface area contributed by atoms with Crippen molar-refractivity contribution >= 4 is 5.91 Å². The van der Waals surface area contributed by atoms with Crippen LogP contribution in [-0.2, 0) is 4.79 Å². The summed E-state index contributed by atoms with van der Waals surface area (Å²) in [5, 5.41) is 6.47. The number of nitrogens with one attached hydrogen (secondary N) is 2. The molecule has 19 heavy (non-hydrogen) atoms. The Morgan fingerprint density at radius 1 is 1.37 bits per heavy atom. The van der Waals surface area contributed by atoms with Crippen molar-refractivity contribution in [2.45, 2.75) is 58.0 Å². The van der Waals surface area contributed by atoms with E-state index in [0.717, 1.165) is 38.8 Å². The number of carbonyl (C=O) groups is 1. The van der Waals surface area contributed by atoms with Crippen molar-refractivity contribution in [2.75, 3.05) is 27.2 Å². The van der Waals surface area contributed by atoms with Crippen molar-refractivity contribution in [3.8, 4) is 0 Å². The molecule has 4 heteroatoms. The molecule has 1 heterocycles. The SMILES string of the molecule is CCC(CC)C(CNC(=O)C1(C)CCCN1)N(C)C. The van der Waals surface area contributed by atoms with Gasteiger partial charge in [-0.05, 0) is 46.3 Å². The molecule has 1 aliphatic rings. The number of amides is 1.